The predicted octanol–water partition coefficient (Wildman–Crippen LogP) is 2.86. The van der Waals surface area contributed by atoms with Gasteiger partial charge in [-0.3, -0.25) is 0 Å². The summed E-state index contributed by atoms with van der Waals surface area (Å²) in [6.07, 6.45) is 1.52. The van der Waals surface area contributed by atoms with Gasteiger partial charge in [0.1, 0.15) is 23.6 Å². The first-order valence-corrected chi connectivity index (χ1v) is 6.82. The molecule has 23 heavy (non-hydrogen) atoms. The molecule has 0 spiro atoms. The van der Waals surface area contributed by atoms with E-state index in [-0.39, 0.29) is 17.9 Å². The number of carbonyl (C=O) groups is 1. The smallest absolute Gasteiger partial charge is 0.342 e. The van der Waals surface area contributed by atoms with Crippen molar-refractivity contribution in [2.24, 2.45) is 0 Å². The van der Waals surface area contributed by atoms with Crippen molar-refractivity contribution in [2.75, 3.05) is 0 Å². The first kappa shape index (κ1) is 14.8. The summed E-state index contributed by atoms with van der Waals surface area (Å²) >= 11 is 0. The minimum absolute atomic E-state index is 0.0684. The van der Waals surface area contributed by atoms with Crippen LogP contribution in [0.15, 0.2) is 48.7 Å². The molecule has 3 aromatic rings. The van der Waals surface area contributed by atoms with Gasteiger partial charge in [-0.1, -0.05) is 5.16 Å². The summed E-state index contributed by atoms with van der Waals surface area (Å²) in [6.45, 7) is 3.11. The summed E-state index contributed by atoms with van der Waals surface area (Å²) in [4.78, 5) is 23.4. The zero-order chi connectivity index (χ0) is 16.4. The Hall–Kier alpha value is -3.09. The van der Waals surface area contributed by atoms with E-state index in [1.54, 1.807) is 25.1 Å². The van der Waals surface area contributed by atoms with Crippen molar-refractivity contribution in [2.45, 2.75) is 20.5 Å². The van der Waals surface area contributed by atoms with E-state index in [0.29, 0.717) is 22.8 Å². The Morgan fingerprint density at radius 2 is 2.09 bits per heavy atom. The molecule has 3 rings (SSSR count). The second kappa shape index (κ2) is 5.96. The molecule has 0 fully saturated rings. The van der Waals surface area contributed by atoms with E-state index >= 15 is 0 Å². The monoisotopic (exact) mass is 315 g/mol. The molecule has 0 aliphatic heterocycles. The van der Waals surface area contributed by atoms with Crippen LogP contribution in [-0.4, -0.2) is 11.1 Å². The molecule has 0 amide bonds. The highest BCUT2D eigenvalue weighted by Gasteiger charge is 2.18. The molecule has 3 aromatic heterocycles. The topological polar surface area (TPSA) is 95.7 Å². The molecule has 0 bridgehead atoms. The van der Waals surface area contributed by atoms with Gasteiger partial charge in [0.05, 0.1) is 6.26 Å². The SMILES string of the molecule is Cc1cc(=O)oc(C)c1C(=O)OCc1cc(-c2ccco2)on1. The number of nitrogens with zero attached hydrogens (tertiary/aromatic N) is 1. The quantitative estimate of drug-likeness (QED) is 0.683. The fraction of sp³-hybridized carbons (Fsp3) is 0.188. The maximum atomic E-state index is 12.1. The zero-order valence-electron chi connectivity index (χ0n) is 12.5. The number of aromatic nitrogens is 1. The predicted molar refractivity (Wildman–Crippen MR) is 77.8 cm³/mol. The minimum atomic E-state index is -0.591. The molecule has 7 heteroatoms. The standard InChI is InChI=1S/C16H13NO6/c1-9-6-14(18)22-10(2)15(9)16(19)21-8-11-7-13(23-17-11)12-4-3-5-20-12/h3-7H,8H2,1-2H3. The molecule has 0 saturated heterocycles. The first-order chi connectivity index (χ1) is 11.0. The van der Waals surface area contributed by atoms with Crippen molar-refractivity contribution < 1.29 is 22.9 Å². The summed E-state index contributed by atoms with van der Waals surface area (Å²) in [5.41, 5.74) is 0.674. The van der Waals surface area contributed by atoms with Crippen LogP contribution < -0.4 is 5.63 Å². The lowest BCUT2D eigenvalue weighted by Gasteiger charge is -2.07. The number of esters is 1. The van der Waals surface area contributed by atoms with E-state index in [1.807, 2.05) is 0 Å². The van der Waals surface area contributed by atoms with E-state index in [1.165, 1.54) is 19.3 Å². The lowest BCUT2D eigenvalue weighted by Crippen LogP contribution is -2.12. The molecule has 0 aromatic carbocycles. The number of hydrogen-bond acceptors (Lipinski definition) is 7. The maximum Gasteiger partial charge on any atom is 0.342 e. The van der Waals surface area contributed by atoms with Crippen LogP contribution >= 0.6 is 0 Å². The van der Waals surface area contributed by atoms with Crippen LogP contribution in [0.2, 0.25) is 0 Å². The van der Waals surface area contributed by atoms with Gasteiger partial charge in [-0.25, -0.2) is 9.59 Å². The molecule has 0 saturated carbocycles. The molecular weight excluding hydrogens is 302 g/mol. The molecule has 0 radical (unpaired) electrons. The Kier molecular flexibility index (Phi) is 3.84. The summed E-state index contributed by atoms with van der Waals surface area (Å²) in [6, 6.07) is 6.33. The fourth-order valence-electron chi connectivity index (χ4n) is 2.19. The van der Waals surface area contributed by atoms with Crippen LogP contribution in [-0.2, 0) is 11.3 Å². The Morgan fingerprint density at radius 1 is 1.26 bits per heavy atom. The van der Waals surface area contributed by atoms with Gasteiger partial charge in [0, 0.05) is 12.1 Å². The van der Waals surface area contributed by atoms with E-state index in [9.17, 15) is 9.59 Å². The summed E-state index contributed by atoms with van der Waals surface area (Å²) in [5.74, 6) is 0.605. The number of carbonyl (C=O) groups excluding carboxylic acids is 1. The van der Waals surface area contributed by atoms with Gasteiger partial charge >= 0.3 is 11.6 Å². The van der Waals surface area contributed by atoms with Crippen LogP contribution in [0.3, 0.4) is 0 Å². The first-order valence-electron chi connectivity index (χ1n) is 6.82. The molecular formula is C16H13NO6. The van der Waals surface area contributed by atoms with Gasteiger partial charge in [-0.2, -0.15) is 0 Å². The average molecular weight is 315 g/mol. The Morgan fingerprint density at radius 3 is 2.78 bits per heavy atom. The average Bonchev–Trinajstić information content (AvgIpc) is 3.15. The van der Waals surface area contributed by atoms with E-state index in [0.717, 1.165) is 0 Å². The summed E-state index contributed by atoms with van der Waals surface area (Å²) < 4.78 is 20.4. The van der Waals surface area contributed by atoms with Crippen LogP contribution in [0.5, 0.6) is 0 Å². The van der Waals surface area contributed by atoms with Gasteiger partial charge in [0.15, 0.2) is 5.76 Å². The van der Waals surface area contributed by atoms with Crippen molar-refractivity contribution >= 4 is 5.97 Å². The maximum absolute atomic E-state index is 12.1. The van der Waals surface area contributed by atoms with Gasteiger partial charge < -0.3 is 18.1 Å². The highest BCUT2D eigenvalue weighted by molar-refractivity contribution is 5.91. The van der Waals surface area contributed by atoms with Crippen LogP contribution in [0.25, 0.3) is 11.5 Å². The third kappa shape index (κ3) is 3.08. The van der Waals surface area contributed by atoms with Crippen molar-refractivity contribution in [1.29, 1.82) is 0 Å². The molecule has 7 nitrogen and oxygen atoms in total. The molecule has 0 N–H and O–H groups in total. The number of hydrogen-bond donors (Lipinski definition) is 0. The molecule has 3 heterocycles. The normalized spacial score (nSPS) is 10.7. The number of aryl methyl sites for hydroxylation is 2. The molecule has 0 unspecified atom stereocenters. The van der Waals surface area contributed by atoms with Crippen LogP contribution in [0.1, 0.15) is 27.4 Å². The second-order valence-corrected chi connectivity index (χ2v) is 4.92. The lowest BCUT2D eigenvalue weighted by molar-refractivity contribution is 0.0458. The van der Waals surface area contributed by atoms with Gasteiger partial charge in [-0.05, 0) is 31.5 Å². The molecule has 0 atom stereocenters. The van der Waals surface area contributed by atoms with E-state index in [2.05, 4.69) is 5.16 Å². The lowest BCUT2D eigenvalue weighted by atomic mass is 10.1. The number of furan rings is 1. The molecule has 0 aliphatic carbocycles. The number of rotatable bonds is 4. The largest absolute Gasteiger partial charge is 0.461 e. The second-order valence-electron chi connectivity index (χ2n) is 4.92. The van der Waals surface area contributed by atoms with Crippen LogP contribution in [0, 0.1) is 13.8 Å². The summed E-state index contributed by atoms with van der Waals surface area (Å²) in [7, 11) is 0. The Bertz CT molecular complexity index is 861. The molecule has 118 valence electrons. The third-order valence-corrected chi connectivity index (χ3v) is 3.21. The van der Waals surface area contributed by atoms with Gasteiger partial charge in [-0.15, -0.1) is 0 Å². The highest BCUT2D eigenvalue weighted by atomic mass is 16.5. The van der Waals surface area contributed by atoms with Crippen molar-refractivity contribution in [1.82, 2.24) is 5.16 Å². The number of ether oxygens (including phenoxy) is 1. The van der Waals surface area contributed by atoms with Crippen molar-refractivity contribution in [3.63, 3.8) is 0 Å². The van der Waals surface area contributed by atoms with E-state index in [4.69, 9.17) is 18.1 Å². The summed E-state index contributed by atoms with van der Waals surface area (Å²) in [5, 5.41) is 3.81. The minimum Gasteiger partial charge on any atom is -0.461 e. The third-order valence-electron chi connectivity index (χ3n) is 3.21. The van der Waals surface area contributed by atoms with Gasteiger partial charge in [0.25, 0.3) is 0 Å². The fourth-order valence-corrected chi connectivity index (χ4v) is 2.19. The van der Waals surface area contributed by atoms with Gasteiger partial charge in [0.2, 0.25) is 5.76 Å². The van der Waals surface area contributed by atoms with Crippen molar-refractivity contribution in [3.8, 4) is 11.5 Å². The highest BCUT2D eigenvalue weighted by Crippen LogP contribution is 2.21. The molecule has 0 aliphatic rings. The Labute approximate surface area is 130 Å². The zero-order valence-corrected chi connectivity index (χ0v) is 12.5. The van der Waals surface area contributed by atoms with E-state index < -0.39 is 11.6 Å². The van der Waals surface area contributed by atoms with Crippen LogP contribution in [0.4, 0.5) is 0 Å². The van der Waals surface area contributed by atoms with Crippen molar-refractivity contribution in [3.05, 3.63) is 63.5 Å². The Balaban J connectivity index is 1.72.